The highest BCUT2D eigenvalue weighted by atomic mass is 16.5. The molecule has 2 heterocycles. The van der Waals surface area contributed by atoms with Gasteiger partial charge in [0.15, 0.2) is 0 Å². The molecule has 2 saturated heterocycles. The molecule has 162 valence electrons. The van der Waals surface area contributed by atoms with Gasteiger partial charge in [0.2, 0.25) is 5.91 Å². The number of rotatable bonds is 6. The number of nitrogens with one attached hydrogen (secondary N) is 1. The Hall–Kier alpha value is -3.10. The van der Waals surface area contributed by atoms with E-state index in [1.54, 1.807) is 26.2 Å². The number of methoxy groups -OCH3 is 1. The molecule has 2 aliphatic heterocycles. The van der Waals surface area contributed by atoms with Gasteiger partial charge in [-0.25, -0.2) is 4.79 Å². The third kappa shape index (κ3) is 3.71. The molecule has 2 N–H and O–H groups in total. The number of amides is 4. The van der Waals surface area contributed by atoms with Crippen LogP contribution in [0.15, 0.2) is 18.2 Å². The first-order valence-electron chi connectivity index (χ1n) is 10.0. The number of imide groups is 1. The molecule has 0 aromatic heterocycles. The van der Waals surface area contributed by atoms with Crippen LogP contribution in [0.3, 0.4) is 0 Å². The first-order valence-corrected chi connectivity index (χ1v) is 10.0. The minimum atomic E-state index is -1.23. The highest BCUT2D eigenvalue weighted by Gasteiger charge is 2.52. The van der Waals surface area contributed by atoms with Gasteiger partial charge in [-0.05, 0) is 49.4 Å². The molecule has 30 heavy (non-hydrogen) atoms. The number of hydrogen-bond acceptors (Lipinski definition) is 5. The zero-order valence-corrected chi connectivity index (χ0v) is 17.4. The topological polar surface area (TPSA) is 116 Å². The van der Waals surface area contributed by atoms with Gasteiger partial charge in [0, 0.05) is 13.1 Å². The molecule has 1 aromatic carbocycles. The minimum Gasteiger partial charge on any atom is -0.496 e. The predicted octanol–water partition coefficient (Wildman–Crippen LogP) is 1.48. The van der Waals surface area contributed by atoms with Crippen molar-refractivity contribution < 1.29 is 29.0 Å². The zero-order valence-electron chi connectivity index (χ0n) is 17.4. The first-order chi connectivity index (χ1) is 14.2. The molecular weight excluding hydrogens is 390 g/mol. The third-order valence-corrected chi connectivity index (χ3v) is 6.08. The monoisotopic (exact) mass is 417 g/mol. The van der Waals surface area contributed by atoms with Gasteiger partial charge < -0.3 is 20.1 Å². The van der Waals surface area contributed by atoms with Crippen molar-refractivity contribution in [3.8, 4) is 5.75 Å². The number of carbonyl (C=O) groups excluding carboxylic acids is 3. The average molecular weight is 417 g/mol. The van der Waals surface area contributed by atoms with E-state index in [0.717, 1.165) is 10.5 Å². The lowest BCUT2D eigenvalue weighted by atomic mass is 9.86. The molecule has 1 atom stereocenters. The average Bonchev–Trinajstić information content (AvgIpc) is 2.98. The van der Waals surface area contributed by atoms with Crippen LogP contribution in [0.5, 0.6) is 5.75 Å². The van der Waals surface area contributed by atoms with Crippen LogP contribution in [0, 0.1) is 12.8 Å². The second-order valence-electron chi connectivity index (χ2n) is 7.76. The van der Waals surface area contributed by atoms with E-state index in [1.807, 2.05) is 13.0 Å². The number of likely N-dealkylation sites (tertiary alicyclic amines) is 1. The van der Waals surface area contributed by atoms with Gasteiger partial charge in [-0.2, -0.15) is 0 Å². The second kappa shape index (κ2) is 8.33. The van der Waals surface area contributed by atoms with Gasteiger partial charge in [0.05, 0.1) is 13.0 Å². The van der Waals surface area contributed by atoms with Crippen LogP contribution in [-0.2, 0) is 19.9 Å². The molecule has 2 aliphatic rings. The van der Waals surface area contributed by atoms with E-state index in [4.69, 9.17) is 9.84 Å². The Morgan fingerprint density at radius 2 is 1.93 bits per heavy atom. The number of urea groups is 1. The highest BCUT2D eigenvalue weighted by molar-refractivity contribution is 6.09. The first kappa shape index (κ1) is 21.6. The fourth-order valence-electron chi connectivity index (χ4n) is 4.16. The largest absolute Gasteiger partial charge is 0.496 e. The number of nitrogens with zero attached hydrogens (tertiary/aromatic N) is 2. The fourth-order valence-corrected chi connectivity index (χ4v) is 4.16. The fraction of sp³-hybridized carbons (Fsp3) is 0.524. The lowest BCUT2D eigenvalue weighted by molar-refractivity contribution is -0.146. The van der Waals surface area contributed by atoms with Crippen molar-refractivity contribution in [3.63, 3.8) is 0 Å². The Labute approximate surface area is 175 Å². The normalized spacial score (nSPS) is 22.2. The molecular formula is C21H27N3O6. The Morgan fingerprint density at radius 3 is 2.47 bits per heavy atom. The summed E-state index contributed by atoms with van der Waals surface area (Å²) in [6.07, 6.45) is 1.06. The van der Waals surface area contributed by atoms with E-state index in [2.05, 4.69) is 5.32 Å². The van der Waals surface area contributed by atoms with E-state index in [0.29, 0.717) is 43.7 Å². The van der Waals surface area contributed by atoms with Gasteiger partial charge in [-0.1, -0.05) is 13.0 Å². The standard InChI is InChI=1S/C21H27N3O6/c1-4-21(15-5-6-16(30-3)13(2)11-15)19(28)24(20(29)22-21)12-17(25)23-9-7-14(8-10-23)18(26)27/h5-6,11,14H,4,7-10,12H2,1-3H3,(H,22,29)(H,26,27). The van der Waals surface area contributed by atoms with Crippen LogP contribution in [0.25, 0.3) is 0 Å². The highest BCUT2D eigenvalue weighted by Crippen LogP contribution is 2.34. The van der Waals surface area contributed by atoms with E-state index in [-0.39, 0.29) is 12.5 Å². The van der Waals surface area contributed by atoms with Gasteiger partial charge in [0.1, 0.15) is 17.8 Å². The summed E-state index contributed by atoms with van der Waals surface area (Å²) in [6.45, 7) is 3.90. The summed E-state index contributed by atoms with van der Waals surface area (Å²) in [7, 11) is 1.56. The van der Waals surface area contributed by atoms with Crippen molar-refractivity contribution in [2.24, 2.45) is 5.92 Å². The molecule has 0 bridgehead atoms. The van der Waals surface area contributed by atoms with E-state index >= 15 is 0 Å². The number of aryl methyl sites for hydroxylation is 1. The van der Waals surface area contributed by atoms with Crippen LogP contribution < -0.4 is 10.1 Å². The SMILES string of the molecule is CCC1(c2ccc(OC)c(C)c2)NC(=O)N(CC(=O)N2CCC(C(=O)O)CC2)C1=O. The maximum atomic E-state index is 13.3. The Morgan fingerprint density at radius 1 is 1.27 bits per heavy atom. The Balaban J connectivity index is 1.76. The Bertz CT molecular complexity index is 877. The molecule has 9 heteroatoms. The number of benzene rings is 1. The van der Waals surface area contributed by atoms with Crippen molar-refractivity contribution in [2.45, 2.75) is 38.6 Å². The summed E-state index contributed by atoms with van der Waals surface area (Å²) < 4.78 is 5.27. The summed E-state index contributed by atoms with van der Waals surface area (Å²) in [5, 5.41) is 11.9. The van der Waals surface area contributed by atoms with Gasteiger partial charge in [-0.15, -0.1) is 0 Å². The van der Waals surface area contributed by atoms with Gasteiger partial charge >= 0.3 is 12.0 Å². The molecule has 9 nitrogen and oxygen atoms in total. The van der Waals surface area contributed by atoms with Crippen molar-refractivity contribution >= 4 is 23.8 Å². The maximum absolute atomic E-state index is 13.3. The minimum absolute atomic E-state index is 0.302. The third-order valence-electron chi connectivity index (χ3n) is 6.08. The molecule has 0 spiro atoms. The molecule has 1 aromatic rings. The Kier molecular flexibility index (Phi) is 6.00. The number of carboxylic acid groups (broad SMARTS) is 1. The predicted molar refractivity (Wildman–Crippen MR) is 107 cm³/mol. The summed E-state index contributed by atoms with van der Waals surface area (Å²) in [5.41, 5.74) is 0.240. The van der Waals surface area contributed by atoms with Gasteiger partial charge in [0.25, 0.3) is 5.91 Å². The smallest absolute Gasteiger partial charge is 0.325 e. The summed E-state index contributed by atoms with van der Waals surface area (Å²) in [6, 6.07) is 4.70. The lowest BCUT2D eigenvalue weighted by Gasteiger charge is -2.31. The summed E-state index contributed by atoms with van der Waals surface area (Å²) in [5.74, 6) is -1.47. The van der Waals surface area contributed by atoms with Crippen LogP contribution in [-0.4, -0.2) is 65.5 Å². The number of carbonyl (C=O) groups is 4. The lowest BCUT2D eigenvalue weighted by Crippen LogP contribution is -2.47. The van der Waals surface area contributed by atoms with Crippen molar-refractivity contribution in [1.29, 1.82) is 0 Å². The molecule has 0 saturated carbocycles. The molecule has 1 unspecified atom stereocenters. The molecule has 2 fully saturated rings. The number of piperidine rings is 1. The van der Waals surface area contributed by atoms with Crippen molar-refractivity contribution in [1.82, 2.24) is 15.1 Å². The number of carboxylic acids is 1. The number of ether oxygens (including phenoxy) is 1. The van der Waals surface area contributed by atoms with E-state index < -0.39 is 29.4 Å². The molecule has 0 aliphatic carbocycles. The molecule has 4 amide bonds. The van der Waals surface area contributed by atoms with Crippen molar-refractivity contribution in [2.75, 3.05) is 26.7 Å². The van der Waals surface area contributed by atoms with Crippen LogP contribution in [0.1, 0.15) is 37.3 Å². The van der Waals surface area contributed by atoms with Crippen LogP contribution in [0.2, 0.25) is 0 Å². The molecule has 3 rings (SSSR count). The van der Waals surface area contributed by atoms with Crippen LogP contribution >= 0.6 is 0 Å². The van der Waals surface area contributed by atoms with Crippen LogP contribution in [0.4, 0.5) is 4.79 Å². The van der Waals surface area contributed by atoms with E-state index in [9.17, 15) is 19.2 Å². The molecule has 0 radical (unpaired) electrons. The number of aliphatic carboxylic acids is 1. The summed E-state index contributed by atoms with van der Waals surface area (Å²) in [4.78, 5) is 52.1. The summed E-state index contributed by atoms with van der Waals surface area (Å²) >= 11 is 0. The quantitative estimate of drug-likeness (QED) is 0.678. The second-order valence-corrected chi connectivity index (χ2v) is 7.76. The zero-order chi connectivity index (χ0) is 22.1. The number of hydrogen-bond donors (Lipinski definition) is 2. The van der Waals surface area contributed by atoms with E-state index in [1.165, 1.54) is 4.90 Å². The van der Waals surface area contributed by atoms with Gasteiger partial charge in [-0.3, -0.25) is 19.3 Å². The van der Waals surface area contributed by atoms with Crippen molar-refractivity contribution in [3.05, 3.63) is 29.3 Å². The maximum Gasteiger partial charge on any atom is 0.325 e.